The van der Waals surface area contributed by atoms with Crippen molar-refractivity contribution in [3.05, 3.63) is 23.7 Å². The molecular formula is C13H17NO4. The molecule has 1 aromatic rings. The molecule has 2 rings (SSSR count). The van der Waals surface area contributed by atoms with E-state index in [0.717, 1.165) is 12.8 Å². The first kappa shape index (κ1) is 12.7. The van der Waals surface area contributed by atoms with Gasteiger partial charge in [-0.2, -0.15) is 0 Å². The number of amides is 1. The van der Waals surface area contributed by atoms with Gasteiger partial charge < -0.3 is 14.1 Å². The molecule has 0 N–H and O–H groups in total. The summed E-state index contributed by atoms with van der Waals surface area (Å²) in [4.78, 5) is 25.7. The van der Waals surface area contributed by atoms with Gasteiger partial charge in [-0.1, -0.05) is 0 Å². The molecule has 1 aliphatic heterocycles. The van der Waals surface area contributed by atoms with Crippen molar-refractivity contribution in [3.8, 4) is 0 Å². The summed E-state index contributed by atoms with van der Waals surface area (Å²) in [6, 6.07) is 1.17. The van der Waals surface area contributed by atoms with Crippen LogP contribution in [0.25, 0.3) is 0 Å². The van der Waals surface area contributed by atoms with Gasteiger partial charge >= 0.3 is 5.97 Å². The first-order chi connectivity index (χ1) is 8.65. The summed E-state index contributed by atoms with van der Waals surface area (Å²) in [6.45, 7) is 2.33. The molecule has 98 valence electrons. The van der Waals surface area contributed by atoms with Crippen LogP contribution in [0.15, 0.2) is 16.7 Å². The number of likely N-dealkylation sites (tertiary alicyclic amines) is 1. The van der Waals surface area contributed by atoms with E-state index in [1.165, 1.54) is 13.4 Å². The third-order valence-corrected chi connectivity index (χ3v) is 3.33. The Hall–Kier alpha value is -1.78. The lowest BCUT2D eigenvalue weighted by Gasteiger charge is -2.33. The topological polar surface area (TPSA) is 59.8 Å². The molecule has 18 heavy (non-hydrogen) atoms. The fourth-order valence-electron chi connectivity index (χ4n) is 2.32. The fraction of sp³-hybridized carbons (Fsp3) is 0.538. The Bertz CT molecular complexity index is 452. The predicted molar refractivity (Wildman–Crippen MR) is 64.1 cm³/mol. The minimum Gasteiger partial charge on any atom is -0.469 e. The molecule has 1 amide bonds. The Morgan fingerprint density at radius 3 is 2.83 bits per heavy atom. The van der Waals surface area contributed by atoms with Crippen molar-refractivity contribution in [1.82, 2.24) is 4.90 Å². The molecule has 0 spiro atoms. The number of piperidine rings is 1. The number of nitrogens with zero attached hydrogens (tertiary/aromatic N) is 1. The molecule has 0 unspecified atom stereocenters. The van der Waals surface area contributed by atoms with Crippen molar-refractivity contribution >= 4 is 11.9 Å². The number of hydrogen-bond acceptors (Lipinski definition) is 4. The van der Waals surface area contributed by atoms with Gasteiger partial charge in [0.1, 0.15) is 11.8 Å². The second-order valence-corrected chi connectivity index (χ2v) is 4.42. The van der Waals surface area contributed by atoms with Crippen LogP contribution in [-0.2, 0) is 9.53 Å². The van der Waals surface area contributed by atoms with Gasteiger partial charge in [-0.15, -0.1) is 0 Å². The summed E-state index contributed by atoms with van der Waals surface area (Å²) >= 11 is 0. The van der Waals surface area contributed by atoms with Crippen LogP contribution >= 0.6 is 0 Å². The average Bonchev–Trinajstić information content (AvgIpc) is 2.83. The van der Waals surface area contributed by atoms with Crippen LogP contribution in [0.1, 0.15) is 35.4 Å². The van der Waals surface area contributed by atoms with E-state index in [9.17, 15) is 9.59 Å². The number of ether oxygens (including phenoxy) is 1. The number of carbonyl (C=O) groups is 2. The van der Waals surface area contributed by atoms with Gasteiger partial charge in [-0.25, -0.2) is 4.79 Å². The normalized spacial score (nSPS) is 19.7. The highest BCUT2D eigenvalue weighted by molar-refractivity contribution is 5.97. The maximum atomic E-state index is 12.4. The average molecular weight is 251 g/mol. The largest absolute Gasteiger partial charge is 0.469 e. The minimum absolute atomic E-state index is 0.156. The summed E-state index contributed by atoms with van der Waals surface area (Å²) in [5.74, 6) is 0.0785. The summed E-state index contributed by atoms with van der Waals surface area (Å²) in [6.07, 6.45) is 4.00. The maximum absolute atomic E-state index is 12.4. The van der Waals surface area contributed by atoms with Crippen LogP contribution in [0.2, 0.25) is 0 Å². The number of rotatable bonds is 2. The monoisotopic (exact) mass is 251 g/mol. The van der Waals surface area contributed by atoms with Gasteiger partial charge in [-0.05, 0) is 32.3 Å². The van der Waals surface area contributed by atoms with Crippen molar-refractivity contribution < 1.29 is 18.7 Å². The molecule has 0 bridgehead atoms. The SMILES string of the molecule is COC(=O)[C@H]1CCCCN1C(=O)c1ccoc1C. The van der Waals surface area contributed by atoms with Crippen molar-refractivity contribution in [1.29, 1.82) is 0 Å². The fourth-order valence-corrected chi connectivity index (χ4v) is 2.32. The van der Waals surface area contributed by atoms with E-state index < -0.39 is 6.04 Å². The lowest BCUT2D eigenvalue weighted by atomic mass is 10.0. The smallest absolute Gasteiger partial charge is 0.328 e. The molecule has 1 atom stereocenters. The highest BCUT2D eigenvalue weighted by Gasteiger charge is 2.34. The van der Waals surface area contributed by atoms with E-state index in [2.05, 4.69) is 0 Å². The second kappa shape index (κ2) is 5.25. The van der Waals surface area contributed by atoms with Crippen LogP contribution in [0, 0.1) is 6.92 Å². The third kappa shape index (κ3) is 2.25. The third-order valence-electron chi connectivity index (χ3n) is 3.33. The number of furan rings is 1. The molecule has 1 saturated heterocycles. The highest BCUT2D eigenvalue weighted by Crippen LogP contribution is 2.22. The lowest BCUT2D eigenvalue weighted by molar-refractivity contribution is -0.147. The molecule has 5 heteroatoms. The van der Waals surface area contributed by atoms with Gasteiger partial charge in [0, 0.05) is 6.54 Å². The van der Waals surface area contributed by atoms with Crippen LogP contribution in [0.4, 0.5) is 0 Å². The molecule has 0 saturated carbocycles. The van der Waals surface area contributed by atoms with Crippen LogP contribution in [0.5, 0.6) is 0 Å². The summed E-state index contributed by atoms with van der Waals surface area (Å²) < 4.78 is 9.90. The number of methoxy groups -OCH3 is 1. The predicted octanol–water partition coefficient (Wildman–Crippen LogP) is 1.76. The Kier molecular flexibility index (Phi) is 3.69. The Balaban J connectivity index is 2.21. The zero-order valence-corrected chi connectivity index (χ0v) is 10.6. The molecule has 2 heterocycles. The Labute approximate surface area is 106 Å². The number of hydrogen-bond donors (Lipinski definition) is 0. The molecule has 5 nitrogen and oxygen atoms in total. The molecule has 1 aromatic heterocycles. The first-order valence-corrected chi connectivity index (χ1v) is 6.08. The Morgan fingerprint density at radius 1 is 1.44 bits per heavy atom. The molecule has 1 fully saturated rings. The molecular weight excluding hydrogens is 234 g/mol. The number of esters is 1. The van der Waals surface area contributed by atoms with Crippen molar-refractivity contribution in [2.75, 3.05) is 13.7 Å². The van der Waals surface area contributed by atoms with E-state index in [1.807, 2.05) is 0 Å². The van der Waals surface area contributed by atoms with Gasteiger partial charge in [-0.3, -0.25) is 4.79 Å². The molecule has 0 aliphatic carbocycles. The van der Waals surface area contributed by atoms with E-state index in [1.54, 1.807) is 17.9 Å². The van der Waals surface area contributed by atoms with E-state index in [0.29, 0.717) is 24.3 Å². The maximum Gasteiger partial charge on any atom is 0.328 e. The molecule has 0 aromatic carbocycles. The standard InChI is InChI=1S/C13H17NO4/c1-9-10(6-8-18-9)12(15)14-7-4-3-5-11(14)13(16)17-2/h6,8,11H,3-5,7H2,1-2H3/t11-/m1/s1. The number of aryl methyl sites for hydroxylation is 1. The Morgan fingerprint density at radius 2 is 2.22 bits per heavy atom. The zero-order valence-electron chi connectivity index (χ0n) is 10.6. The summed E-state index contributed by atoms with van der Waals surface area (Å²) in [7, 11) is 1.35. The van der Waals surface area contributed by atoms with Crippen LogP contribution < -0.4 is 0 Å². The summed E-state index contributed by atoms with van der Waals surface area (Å²) in [5.41, 5.74) is 0.519. The number of carbonyl (C=O) groups excluding carboxylic acids is 2. The molecule has 0 radical (unpaired) electrons. The van der Waals surface area contributed by atoms with Crippen molar-refractivity contribution in [3.63, 3.8) is 0 Å². The van der Waals surface area contributed by atoms with Crippen LogP contribution in [0.3, 0.4) is 0 Å². The second-order valence-electron chi connectivity index (χ2n) is 4.42. The molecule has 1 aliphatic rings. The first-order valence-electron chi connectivity index (χ1n) is 6.08. The van der Waals surface area contributed by atoms with E-state index in [4.69, 9.17) is 9.15 Å². The van der Waals surface area contributed by atoms with Crippen molar-refractivity contribution in [2.45, 2.75) is 32.2 Å². The van der Waals surface area contributed by atoms with Crippen LogP contribution in [-0.4, -0.2) is 36.5 Å². The van der Waals surface area contributed by atoms with Gasteiger partial charge in [0.25, 0.3) is 5.91 Å². The van der Waals surface area contributed by atoms with Gasteiger partial charge in [0.15, 0.2) is 0 Å². The lowest BCUT2D eigenvalue weighted by Crippen LogP contribution is -2.48. The minimum atomic E-state index is -0.467. The highest BCUT2D eigenvalue weighted by atomic mass is 16.5. The summed E-state index contributed by atoms with van der Waals surface area (Å²) in [5, 5.41) is 0. The van der Waals surface area contributed by atoms with Gasteiger partial charge in [0.2, 0.25) is 0 Å². The van der Waals surface area contributed by atoms with E-state index in [-0.39, 0.29) is 11.9 Å². The van der Waals surface area contributed by atoms with Crippen molar-refractivity contribution in [2.24, 2.45) is 0 Å². The quantitative estimate of drug-likeness (QED) is 0.751. The van der Waals surface area contributed by atoms with Gasteiger partial charge in [0.05, 0.1) is 18.9 Å². The zero-order chi connectivity index (χ0) is 13.1. The van der Waals surface area contributed by atoms with E-state index >= 15 is 0 Å².